The predicted octanol–water partition coefficient (Wildman–Crippen LogP) is 2.37. The zero-order valence-corrected chi connectivity index (χ0v) is 4.70. The molecule has 1 radical (unpaired) electrons. The van der Waals surface area contributed by atoms with Crippen LogP contribution >= 0.6 is 0 Å². The molecule has 37 valence electrons. The van der Waals surface area contributed by atoms with E-state index in [1.54, 1.807) is 0 Å². The van der Waals surface area contributed by atoms with Gasteiger partial charge in [0.15, 0.2) is 0 Å². The van der Waals surface area contributed by atoms with E-state index in [1.807, 2.05) is 0 Å². The molecule has 0 spiro atoms. The Morgan fingerprint density at radius 1 is 1.83 bits per heavy atom. The second kappa shape index (κ2) is 3.20. The summed E-state index contributed by atoms with van der Waals surface area (Å²) in [7, 11) is 0. The van der Waals surface area contributed by atoms with Crippen LogP contribution in [0, 0.1) is 12.8 Å². The quantitative estimate of drug-likeness (QED) is 0.484. The molecule has 0 saturated heterocycles. The minimum atomic E-state index is 0. The van der Waals surface area contributed by atoms with Gasteiger partial charge in [0, 0.05) is 0 Å². The van der Waals surface area contributed by atoms with E-state index < -0.39 is 0 Å². The number of hydrogen-bond acceptors (Lipinski definition) is 0. The molecule has 0 aromatic heterocycles. The zero-order chi connectivity index (χ0) is 4.99. The van der Waals surface area contributed by atoms with Crippen LogP contribution in [-0.2, 0) is 0 Å². The molecule has 1 atom stereocenters. The van der Waals surface area contributed by atoms with Crippen molar-refractivity contribution in [2.24, 2.45) is 5.92 Å². The van der Waals surface area contributed by atoms with E-state index in [0.717, 1.165) is 12.3 Å². The van der Waals surface area contributed by atoms with Gasteiger partial charge in [-0.3, -0.25) is 0 Å². The predicted molar refractivity (Wildman–Crippen MR) is 30.5 cm³/mol. The summed E-state index contributed by atoms with van der Waals surface area (Å²) in [6, 6.07) is 0. The largest absolute Gasteiger partial charge is 1.00 e. The van der Waals surface area contributed by atoms with Crippen molar-refractivity contribution in [2.75, 3.05) is 0 Å². The van der Waals surface area contributed by atoms with Crippen molar-refractivity contribution in [1.82, 2.24) is 0 Å². The van der Waals surface area contributed by atoms with Crippen molar-refractivity contribution in [3.63, 3.8) is 0 Å². The van der Waals surface area contributed by atoms with Gasteiger partial charge in [0.25, 0.3) is 0 Å². The maximum absolute atomic E-state index is 3.76. The molecule has 0 amide bonds. The van der Waals surface area contributed by atoms with Gasteiger partial charge in [-0.25, -0.2) is 0 Å². The highest BCUT2D eigenvalue weighted by Gasteiger charge is 1.88. The molecule has 6 heavy (non-hydrogen) atoms. The first-order chi connectivity index (χ1) is 2.81. The normalized spacial score (nSPS) is 10.0. The molecule has 0 aliphatic carbocycles. The van der Waals surface area contributed by atoms with Crippen LogP contribution < -0.4 is 0 Å². The van der Waals surface area contributed by atoms with E-state index in [1.165, 1.54) is 6.42 Å². The summed E-state index contributed by atoms with van der Waals surface area (Å²) in [6.07, 6.45) is 2.35. The third-order valence-electron chi connectivity index (χ3n) is 1.19. The molecule has 0 aliphatic rings. The fourth-order valence-corrected chi connectivity index (χ4v) is 0.204. The average molecular weight is 86.2 g/mol. The highest BCUT2D eigenvalue weighted by molar-refractivity contribution is 4.48. The van der Waals surface area contributed by atoms with E-state index in [-0.39, 0.29) is 1.43 Å². The summed E-state index contributed by atoms with van der Waals surface area (Å²) in [4.78, 5) is 0. The maximum Gasteiger partial charge on any atom is 1.00 e. The van der Waals surface area contributed by atoms with Gasteiger partial charge in [-0.2, -0.15) is 0 Å². The van der Waals surface area contributed by atoms with E-state index in [9.17, 15) is 0 Å². The number of rotatable bonds is 2. The molecule has 0 aromatic rings. The molecule has 0 nitrogen and oxygen atoms in total. The summed E-state index contributed by atoms with van der Waals surface area (Å²) in [6.45, 7) is 8.16. The SMILES string of the molecule is [CH2]CC(C)CC.[H+]. The summed E-state index contributed by atoms with van der Waals surface area (Å²) < 4.78 is 0. The highest BCUT2D eigenvalue weighted by atomic mass is 13.9. The fraction of sp³-hybridized carbons (Fsp3) is 0.833. The second-order valence-corrected chi connectivity index (χ2v) is 1.80. The standard InChI is InChI=1S/C6H13/c1-4-6(3)5-2/h6H,1,4-5H2,2-3H3/p+1. The monoisotopic (exact) mass is 86.1 g/mol. The third kappa shape index (κ3) is 2.25. The first-order valence-electron chi connectivity index (χ1n) is 2.60. The molecule has 0 heteroatoms. The van der Waals surface area contributed by atoms with Gasteiger partial charge >= 0.3 is 1.43 Å². The first-order valence-corrected chi connectivity index (χ1v) is 2.60. The minimum Gasteiger partial charge on any atom is -0.0651 e. The topological polar surface area (TPSA) is 0 Å². The average Bonchev–Trinajstić information content (AvgIpc) is 1.65. The molecule has 0 saturated carbocycles. The van der Waals surface area contributed by atoms with Crippen molar-refractivity contribution >= 4 is 0 Å². The van der Waals surface area contributed by atoms with Crippen molar-refractivity contribution in [3.8, 4) is 0 Å². The highest BCUT2D eigenvalue weighted by Crippen LogP contribution is 2.02. The van der Waals surface area contributed by atoms with Crippen LogP contribution in [0.1, 0.15) is 28.1 Å². The van der Waals surface area contributed by atoms with Crippen LogP contribution in [0.3, 0.4) is 0 Å². The minimum absolute atomic E-state index is 0. The van der Waals surface area contributed by atoms with Gasteiger partial charge in [0.2, 0.25) is 0 Å². The van der Waals surface area contributed by atoms with Gasteiger partial charge in [-0.15, -0.1) is 0 Å². The van der Waals surface area contributed by atoms with Crippen LogP contribution in [0.15, 0.2) is 0 Å². The van der Waals surface area contributed by atoms with Crippen molar-refractivity contribution < 1.29 is 1.43 Å². The Balaban J connectivity index is 0. The Morgan fingerprint density at radius 3 is 2.33 bits per heavy atom. The first kappa shape index (κ1) is 6.00. The Labute approximate surface area is 42.0 Å². The summed E-state index contributed by atoms with van der Waals surface area (Å²) in [5, 5.41) is 0. The van der Waals surface area contributed by atoms with Gasteiger partial charge in [-0.05, 0) is 5.92 Å². The molecule has 0 N–H and O–H groups in total. The summed E-state index contributed by atoms with van der Waals surface area (Å²) in [5.41, 5.74) is 0. The summed E-state index contributed by atoms with van der Waals surface area (Å²) in [5.74, 6) is 0.824. The maximum atomic E-state index is 3.76. The van der Waals surface area contributed by atoms with E-state index >= 15 is 0 Å². The Kier molecular flexibility index (Phi) is 3.20. The lowest BCUT2D eigenvalue weighted by Crippen LogP contribution is -1.85. The molecule has 0 bridgehead atoms. The van der Waals surface area contributed by atoms with Crippen molar-refractivity contribution in [3.05, 3.63) is 6.92 Å². The van der Waals surface area contributed by atoms with Crippen LogP contribution in [0.5, 0.6) is 0 Å². The van der Waals surface area contributed by atoms with Crippen LogP contribution in [0.25, 0.3) is 0 Å². The van der Waals surface area contributed by atoms with E-state index in [2.05, 4.69) is 20.8 Å². The molecule has 0 fully saturated rings. The molecule has 0 aliphatic heterocycles. The van der Waals surface area contributed by atoms with Gasteiger partial charge in [0.1, 0.15) is 0 Å². The Bertz CT molecular complexity index is 23.4. The van der Waals surface area contributed by atoms with Crippen LogP contribution in [-0.4, -0.2) is 0 Å². The molecule has 0 rings (SSSR count). The van der Waals surface area contributed by atoms with Crippen molar-refractivity contribution in [1.29, 1.82) is 0 Å². The van der Waals surface area contributed by atoms with E-state index in [0.29, 0.717) is 0 Å². The Morgan fingerprint density at radius 2 is 2.33 bits per heavy atom. The van der Waals surface area contributed by atoms with Crippen molar-refractivity contribution in [2.45, 2.75) is 26.7 Å². The van der Waals surface area contributed by atoms with E-state index in [4.69, 9.17) is 0 Å². The lowest BCUT2D eigenvalue weighted by atomic mass is 10.1. The fourth-order valence-electron chi connectivity index (χ4n) is 0.204. The second-order valence-electron chi connectivity index (χ2n) is 1.80. The lowest BCUT2D eigenvalue weighted by molar-refractivity contribution is 0.570. The van der Waals surface area contributed by atoms with Gasteiger partial charge in [0.05, 0.1) is 0 Å². The molecule has 0 heterocycles. The summed E-state index contributed by atoms with van der Waals surface area (Å²) >= 11 is 0. The number of hydrogen-bond donors (Lipinski definition) is 0. The van der Waals surface area contributed by atoms with Gasteiger partial charge in [-0.1, -0.05) is 33.6 Å². The van der Waals surface area contributed by atoms with Crippen LogP contribution in [0.2, 0.25) is 0 Å². The molecular formula is C6H14+. The smallest absolute Gasteiger partial charge is 0.0651 e. The molecular weight excluding hydrogens is 72.1 g/mol. The van der Waals surface area contributed by atoms with Gasteiger partial charge < -0.3 is 0 Å². The lowest BCUT2D eigenvalue weighted by Gasteiger charge is -1.98. The Hall–Kier alpha value is 0. The van der Waals surface area contributed by atoms with Crippen LogP contribution in [0.4, 0.5) is 0 Å². The molecule has 1 unspecified atom stereocenters. The molecule has 0 aromatic carbocycles. The zero-order valence-electron chi connectivity index (χ0n) is 5.70. The third-order valence-corrected chi connectivity index (χ3v) is 1.19.